The second-order valence-electron chi connectivity index (χ2n) is 4.55. The van der Waals surface area contributed by atoms with Gasteiger partial charge in [-0.2, -0.15) is 0 Å². The zero-order chi connectivity index (χ0) is 14.5. The fourth-order valence-corrected chi connectivity index (χ4v) is 1.84. The first-order valence-corrected chi connectivity index (χ1v) is 6.33. The van der Waals surface area contributed by atoms with E-state index in [0.717, 1.165) is 17.2 Å². The van der Waals surface area contributed by atoms with E-state index >= 15 is 0 Å². The van der Waals surface area contributed by atoms with Crippen LogP contribution in [0.25, 0.3) is 0 Å². The van der Waals surface area contributed by atoms with Crippen molar-refractivity contribution in [3.63, 3.8) is 0 Å². The molecular weight excluding hydrogens is 252 g/mol. The second-order valence-corrected chi connectivity index (χ2v) is 4.55. The number of amides is 1. The van der Waals surface area contributed by atoms with Gasteiger partial charge in [-0.1, -0.05) is 12.1 Å². The monoisotopic (exact) mass is 270 g/mol. The van der Waals surface area contributed by atoms with E-state index in [1.54, 1.807) is 25.4 Å². The maximum absolute atomic E-state index is 12.2. The Bertz CT molecular complexity index is 593. The Balaban J connectivity index is 2.19. The molecule has 1 aromatic heterocycles. The van der Waals surface area contributed by atoms with Gasteiger partial charge in [-0.15, -0.1) is 0 Å². The Labute approximate surface area is 118 Å². The molecule has 0 bridgehead atoms. The van der Waals surface area contributed by atoms with E-state index in [1.165, 1.54) is 0 Å². The van der Waals surface area contributed by atoms with Crippen LogP contribution in [0.4, 0.5) is 17.2 Å². The van der Waals surface area contributed by atoms with Crippen molar-refractivity contribution in [1.29, 1.82) is 0 Å². The van der Waals surface area contributed by atoms with Gasteiger partial charge < -0.3 is 15.5 Å². The Kier molecular flexibility index (Phi) is 4.20. The smallest absolute Gasteiger partial charge is 0.257 e. The van der Waals surface area contributed by atoms with E-state index in [4.69, 9.17) is 0 Å². The van der Waals surface area contributed by atoms with Gasteiger partial charge in [0.05, 0.1) is 16.9 Å². The van der Waals surface area contributed by atoms with Crippen LogP contribution >= 0.6 is 0 Å². The summed E-state index contributed by atoms with van der Waals surface area (Å²) in [5, 5.41) is 5.82. The SMILES string of the molecule is CNc1ccc(C(=O)Nc2ccccc2N(C)C)cn1. The highest BCUT2D eigenvalue weighted by Crippen LogP contribution is 2.24. The lowest BCUT2D eigenvalue weighted by molar-refractivity contribution is 0.102. The summed E-state index contributed by atoms with van der Waals surface area (Å²) in [5.41, 5.74) is 2.26. The first-order chi connectivity index (χ1) is 9.61. The summed E-state index contributed by atoms with van der Waals surface area (Å²) in [7, 11) is 5.66. The average molecular weight is 270 g/mol. The van der Waals surface area contributed by atoms with Crippen molar-refractivity contribution in [2.75, 3.05) is 36.7 Å². The van der Waals surface area contributed by atoms with E-state index in [0.29, 0.717) is 5.56 Å². The number of hydrogen-bond donors (Lipinski definition) is 2. The highest BCUT2D eigenvalue weighted by molar-refractivity contribution is 6.05. The number of aromatic nitrogens is 1. The fourth-order valence-electron chi connectivity index (χ4n) is 1.84. The highest BCUT2D eigenvalue weighted by Gasteiger charge is 2.10. The molecule has 5 nitrogen and oxygen atoms in total. The van der Waals surface area contributed by atoms with E-state index < -0.39 is 0 Å². The number of nitrogens with one attached hydrogen (secondary N) is 2. The Morgan fingerprint density at radius 1 is 1.15 bits per heavy atom. The summed E-state index contributed by atoms with van der Waals surface area (Å²) in [5.74, 6) is 0.560. The molecule has 0 atom stereocenters. The lowest BCUT2D eigenvalue weighted by atomic mass is 10.2. The number of carbonyl (C=O) groups excluding carboxylic acids is 1. The Morgan fingerprint density at radius 3 is 2.50 bits per heavy atom. The second kappa shape index (κ2) is 6.06. The molecule has 0 aliphatic carbocycles. The lowest BCUT2D eigenvalue weighted by Crippen LogP contribution is -2.16. The molecule has 2 rings (SSSR count). The maximum atomic E-state index is 12.2. The fraction of sp³-hybridized carbons (Fsp3) is 0.200. The summed E-state index contributed by atoms with van der Waals surface area (Å²) in [6, 6.07) is 11.2. The normalized spacial score (nSPS) is 9.95. The van der Waals surface area contributed by atoms with Crippen LogP contribution in [0.2, 0.25) is 0 Å². The van der Waals surface area contributed by atoms with Crippen molar-refractivity contribution in [3.8, 4) is 0 Å². The van der Waals surface area contributed by atoms with Crippen molar-refractivity contribution in [2.24, 2.45) is 0 Å². The maximum Gasteiger partial charge on any atom is 0.257 e. The molecule has 0 aliphatic heterocycles. The van der Waals surface area contributed by atoms with Crippen LogP contribution in [0.5, 0.6) is 0 Å². The molecular formula is C15H18N4O. The van der Waals surface area contributed by atoms with Crippen molar-refractivity contribution in [1.82, 2.24) is 4.98 Å². The van der Waals surface area contributed by atoms with Gasteiger partial charge in [0.1, 0.15) is 5.82 Å². The largest absolute Gasteiger partial charge is 0.376 e. The number of nitrogens with zero attached hydrogens (tertiary/aromatic N) is 2. The number of para-hydroxylation sites is 2. The van der Waals surface area contributed by atoms with Crippen LogP contribution in [0.15, 0.2) is 42.6 Å². The molecule has 1 amide bonds. The molecule has 0 aliphatic rings. The molecule has 0 radical (unpaired) electrons. The number of carbonyl (C=O) groups is 1. The van der Waals surface area contributed by atoms with E-state index in [-0.39, 0.29) is 5.91 Å². The quantitative estimate of drug-likeness (QED) is 0.896. The molecule has 0 spiro atoms. The third-order valence-electron chi connectivity index (χ3n) is 2.92. The number of rotatable bonds is 4. The molecule has 1 heterocycles. The molecule has 0 fully saturated rings. The molecule has 5 heteroatoms. The highest BCUT2D eigenvalue weighted by atomic mass is 16.1. The zero-order valence-electron chi connectivity index (χ0n) is 11.8. The van der Waals surface area contributed by atoms with Crippen LogP contribution < -0.4 is 15.5 Å². The van der Waals surface area contributed by atoms with Gasteiger partial charge >= 0.3 is 0 Å². The van der Waals surface area contributed by atoms with Gasteiger partial charge in [-0.3, -0.25) is 4.79 Å². The summed E-state index contributed by atoms with van der Waals surface area (Å²) < 4.78 is 0. The molecule has 0 saturated heterocycles. The minimum Gasteiger partial charge on any atom is -0.376 e. The summed E-state index contributed by atoms with van der Waals surface area (Å²) in [4.78, 5) is 18.3. The van der Waals surface area contributed by atoms with Crippen LogP contribution in [0.1, 0.15) is 10.4 Å². The third kappa shape index (κ3) is 3.06. The van der Waals surface area contributed by atoms with Gasteiger partial charge in [-0.05, 0) is 24.3 Å². The third-order valence-corrected chi connectivity index (χ3v) is 2.92. The predicted molar refractivity (Wildman–Crippen MR) is 82.5 cm³/mol. The van der Waals surface area contributed by atoms with Crippen molar-refractivity contribution >= 4 is 23.1 Å². The number of anilines is 3. The first kappa shape index (κ1) is 13.9. The Morgan fingerprint density at radius 2 is 1.90 bits per heavy atom. The summed E-state index contributed by atoms with van der Waals surface area (Å²) >= 11 is 0. The standard InChI is InChI=1S/C15H18N4O/c1-16-14-9-8-11(10-17-14)15(20)18-12-6-4-5-7-13(12)19(2)3/h4-10H,1-3H3,(H,16,17)(H,18,20). The lowest BCUT2D eigenvalue weighted by Gasteiger charge is -2.17. The van der Waals surface area contributed by atoms with Crippen LogP contribution in [-0.2, 0) is 0 Å². The number of pyridine rings is 1. The molecule has 2 N–H and O–H groups in total. The molecule has 1 aromatic carbocycles. The molecule has 2 aromatic rings. The van der Waals surface area contributed by atoms with Crippen molar-refractivity contribution in [2.45, 2.75) is 0 Å². The van der Waals surface area contributed by atoms with Crippen LogP contribution in [0.3, 0.4) is 0 Å². The number of benzene rings is 1. The van der Waals surface area contributed by atoms with Gasteiger partial charge in [0.25, 0.3) is 5.91 Å². The van der Waals surface area contributed by atoms with Gasteiger partial charge in [0, 0.05) is 27.3 Å². The number of hydrogen-bond acceptors (Lipinski definition) is 4. The summed E-state index contributed by atoms with van der Waals surface area (Å²) in [6.45, 7) is 0. The summed E-state index contributed by atoms with van der Waals surface area (Å²) in [6.07, 6.45) is 1.56. The van der Waals surface area contributed by atoms with Gasteiger partial charge in [0.15, 0.2) is 0 Å². The predicted octanol–water partition coefficient (Wildman–Crippen LogP) is 2.44. The molecule has 104 valence electrons. The Hall–Kier alpha value is -2.56. The van der Waals surface area contributed by atoms with Crippen molar-refractivity contribution in [3.05, 3.63) is 48.2 Å². The van der Waals surface area contributed by atoms with E-state index in [1.807, 2.05) is 43.3 Å². The molecule has 0 unspecified atom stereocenters. The molecule has 0 saturated carbocycles. The zero-order valence-corrected chi connectivity index (χ0v) is 11.8. The van der Waals surface area contributed by atoms with E-state index in [2.05, 4.69) is 15.6 Å². The minimum absolute atomic E-state index is 0.172. The van der Waals surface area contributed by atoms with E-state index in [9.17, 15) is 4.79 Å². The van der Waals surface area contributed by atoms with Crippen LogP contribution in [0, 0.1) is 0 Å². The topological polar surface area (TPSA) is 57.3 Å². The minimum atomic E-state index is -0.172. The molecule has 20 heavy (non-hydrogen) atoms. The average Bonchev–Trinajstić information content (AvgIpc) is 2.47. The van der Waals surface area contributed by atoms with Crippen LogP contribution in [-0.4, -0.2) is 32.0 Å². The van der Waals surface area contributed by atoms with Gasteiger partial charge in [0.2, 0.25) is 0 Å². The first-order valence-electron chi connectivity index (χ1n) is 6.33. The van der Waals surface area contributed by atoms with Gasteiger partial charge in [-0.25, -0.2) is 4.98 Å². The van der Waals surface area contributed by atoms with Crippen molar-refractivity contribution < 1.29 is 4.79 Å².